The van der Waals surface area contributed by atoms with Gasteiger partial charge in [0, 0.05) is 24.5 Å². The molecule has 2 rings (SSSR count). The molecule has 0 saturated carbocycles. The van der Waals surface area contributed by atoms with Crippen molar-refractivity contribution in [3.05, 3.63) is 59.4 Å². The lowest BCUT2D eigenvalue weighted by Crippen LogP contribution is -2.12. The molecule has 0 aliphatic heterocycles. The second-order valence-electron chi connectivity index (χ2n) is 4.79. The summed E-state index contributed by atoms with van der Waals surface area (Å²) >= 11 is 0. The average molecular weight is 254 g/mol. The molecule has 3 nitrogen and oxygen atoms in total. The smallest absolute Gasteiger partial charge is 0.224 e. The minimum absolute atomic E-state index is 0.0360. The van der Waals surface area contributed by atoms with Crippen LogP contribution in [0.2, 0.25) is 0 Å². The van der Waals surface area contributed by atoms with Crippen molar-refractivity contribution in [1.82, 2.24) is 4.98 Å². The van der Waals surface area contributed by atoms with Crippen LogP contribution < -0.4 is 5.32 Å². The summed E-state index contributed by atoms with van der Waals surface area (Å²) in [6.45, 7) is 4.05. The van der Waals surface area contributed by atoms with Crippen molar-refractivity contribution in [2.75, 3.05) is 5.32 Å². The molecule has 0 spiro atoms. The topological polar surface area (TPSA) is 42.0 Å². The SMILES string of the molecule is Cc1cc(C)cc(NC(=O)CCc2cccnc2)c1. The number of nitrogens with zero attached hydrogens (tertiary/aromatic N) is 1. The van der Waals surface area contributed by atoms with Crippen LogP contribution in [-0.4, -0.2) is 10.9 Å². The molecule has 0 bridgehead atoms. The number of nitrogens with one attached hydrogen (secondary N) is 1. The first kappa shape index (κ1) is 13.3. The molecular formula is C16H18N2O. The van der Waals surface area contributed by atoms with E-state index in [4.69, 9.17) is 0 Å². The Bertz CT molecular complexity index is 544. The first-order valence-corrected chi connectivity index (χ1v) is 6.40. The Morgan fingerprint density at radius 3 is 2.58 bits per heavy atom. The van der Waals surface area contributed by atoms with Crippen LogP contribution in [0.3, 0.4) is 0 Å². The Kier molecular flexibility index (Phi) is 4.29. The molecule has 1 amide bonds. The Hall–Kier alpha value is -2.16. The van der Waals surface area contributed by atoms with Crippen molar-refractivity contribution in [3.63, 3.8) is 0 Å². The maximum atomic E-state index is 11.9. The van der Waals surface area contributed by atoms with E-state index in [1.807, 2.05) is 38.1 Å². The molecule has 98 valence electrons. The number of hydrogen-bond acceptors (Lipinski definition) is 2. The normalized spacial score (nSPS) is 10.2. The predicted molar refractivity (Wildman–Crippen MR) is 77.1 cm³/mol. The van der Waals surface area contributed by atoms with Gasteiger partial charge in [0.1, 0.15) is 0 Å². The van der Waals surface area contributed by atoms with E-state index in [2.05, 4.69) is 16.4 Å². The van der Waals surface area contributed by atoms with E-state index in [0.29, 0.717) is 12.8 Å². The van der Waals surface area contributed by atoms with Crippen LogP contribution in [-0.2, 0) is 11.2 Å². The van der Waals surface area contributed by atoms with Gasteiger partial charge in [0.2, 0.25) is 5.91 Å². The van der Waals surface area contributed by atoms with Crippen LogP contribution in [0.25, 0.3) is 0 Å². The molecule has 0 atom stereocenters. The van der Waals surface area contributed by atoms with Crippen LogP contribution in [0.15, 0.2) is 42.7 Å². The molecule has 0 aliphatic carbocycles. The van der Waals surface area contributed by atoms with Crippen LogP contribution in [0.4, 0.5) is 5.69 Å². The van der Waals surface area contributed by atoms with Gasteiger partial charge in [-0.2, -0.15) is 0 Å². The lowest BCUT2D eigenvalue weighted by Gasteiger charge is -2.07. The molecular weight excluding hydrogens is 236 g/mol. The molecule has 2 aromatic rings. The zero-order valence-electron chi connectivity index (χ0n) is 11.3. The van der Waals surface area contributed by atoms with Gasteiger partial charge >= 0.3 is 0 Å². The molecule has 0 aliphatic rings. The summed E-state index contributed by atoms with van der Waals surface area (Å²) in [4.78, 5) is 15.9. The maximum absolute atomic E-state index is 11.9. The second kappa shape index (κ2) is 6.14. The van der Waals surface area contributed by atoms with Crippen LogP contribution in [0, 0.1) is 13.8 Å². The summed E-state index contributed by atoms with van der Waals surface area (Å²) in [6, 6.07) is 9.92. The standard InChI is InChI=1S/C16H18N2O/c1-12-8-13(2)10-15(9-12)18-16(19)6-5-14-4-3-7-17-11-14/h3-4,7-11H,5-6H2,1-2H3,(H,18,19). The fourth-order valence-electron chi connectivity index (χ4n) is 2.07. The number of pyridine rings is 1. The van der Waals surface area contributed by atoms with Gasteiger partial charge in [-0.3, -0.25) is 9.78 Å². The quantitative estimate of drug-likeness (QED) is 0.909. The van der Waals surface area contributed by atoms with E-state index in [9.17, 15) is 4.79 Å². The van der Waals surface area contributed by atoms with E-state index in [-0.39, 0.29) is 5.91 Å². The van der Waals surface area contributed by atoms with Crippen molar-refractivity contribution in [2.24, 2.45) is 0 Å². The Balaban J connectivity index is 1.91. The van der Waals surface area contributed by atoms with Gasteiger partial charge in [-0.1, -0.05) is 12.1 Å². The molecule has 0 radical (unpaired) electrons. The number of rotatable bonds is 4. The molecule has 1 heterocycles. The molecule has 0 saturated heterocycles. The third-order valence-corrected chi connectivity index (χ3v) is 2.87. The first-order chi connectivity index (χ1) is 9.13. The van der Waals surface area contributed by atoms with Crippen LogP contribution >= 0.6 is 0 Å². The second-order valence-corrected chi connectivity index (χ2v) is 4.79. The Morgan fingerprint density at radius 1 is 1.21 bits per heavy atom. The van der Waals surface area contributed by atoms with Gasteiger partial charge in [-0.05, 0) is 55.2 Å². The number of hydrogen-bond donors (Lipinski definition) is 1. The minimum Gasteiger partial charge on any atom is -0.326 e. The van der Waals surface area contributed by atoms with Crippen LogP contribution in [0.5, 0.6) is 0 Å². The molecule has 1 aromatic heterocycles. The summed E-state index contributed by atoms with van der Waals surface area (Å²) in [7, 11) is 0. The van der Waals surface area contributed by atoms with E-state index >= 15 is 0 Å². The molecule has 0 unspecified atom stereocenters. The highest BCUT2D eigenvalue weighted by Gasteiger charge is 2.04. The summed E-state index contributed by atoms with van der Waals surface area (Å²) < 4.78 is 0. The molecule has 3 heteroatoms. The first-order valence-electron chi connectivity index (χ1n) is 6.40. The summed E-state index contributed by atoms with van der Waals surface area (Å²) in [5.74, 6) is 0.0360. The lowest BCUT2D eigenvalue weighted by atomic mass is 10.1. The minimum atomic E-state index is 0.0360. The van der Waals surface area contributed by atoms with E-state index in [1.54, 1.807) is 12.4 Å². The number of aromatic nitrogens is 1. The number of amides is 1. The summed E-state index contributed by atoms with van der Waals surface area (Å²) in [6.07, 6.45) is 4.71. The molecule has 1 aromatic carbocycles. The maximum Gasteiger partial charge on any atom is 0.224 e. The van der Waals surface area contributed by atoms with Crippen molar-refractivity contribution in [2.45, 2.75) is 26.7 Å². The van der Waals surface area contributed by atoms with E-state index in [1.165, 1.54) is 0 Å². The summed E-state index contributed by atoms with van der Waals surface area (Å²) in [5.41, 5.74) is 4.26. The number of benzene rings is 1. The number of carbonyl (C=O) groups excluding carboxylic acids is 1. The average Bonchev–Trinajstić information content (AvgIpc) is 2.36. The largest absolute Gasteiger partial charge is 0.326 e. The van der Waals surface area contributed by atoms with Crippen molar-refractivity contribution >= 4 is 11.6 Å². The van der Waals surface area contributed by atoms with Crippen LogP contribution in [0.1, 0.15) is 23.1 Å². The predicted octanol–water partition coefficient (Wildman–Crippen LogP) is 3.27. The zero-order valence-corrected chi connectivity index (χ0v) is 11.3. The van der Waals surface area contributed by atoms with Gasteiger partial charge in [-0.25, -0.2) is 0 Å². The zero-order chi connectivity index (χ0) is 13.7. The lowest BCUT2D eigenvalue weighted by molar-refractivity contribution is -0.116. The Labute approximate surface area is 113 Å². The molecule has 0 fully saturated rings. The van der Waals surface area contributed by atoms with Gasteiger partial charge < -0.3 is 5.32 Å². The number of anilines is 1. The van der Waals surface area contributed by atoms with E-state index in [0.717, 1.165) is 22.4 Å². The van der Waals surface area contributed by atoms with Gasteiger partial charge in [0.15, 0.2) is 0 Å². The monoisotopic (exact) mass is 254 g/mol. The molecule has 1 N–H and O–H groups in total. The van der Waals surface area contributed by atoms with Gasteiger partial charge in [-0.15, -0.1) is 0 Å². The highest BCUT2D eigenvalue weighted by atomic mass is 16.1. The van der Waals surface area contributed by atoms with Gasteiger partial charge in [0.05, 0.1) is 0 Å². The fraction of sp³-hybridized carbons (Fsp3) is 0.250. The van der Waals surface area contributed by atoms with Crippen molar-refractivity contribution < 1.29 is 4.79 Å². The Morgan fingerprint density at radius 2 is 1.95 bits per heavy atom. The highest BCUT2D eigenvalue weighted by Crippen LogP contribution is 2.14. The van der Waals surface area contributed by atoms with Gasteiger partial charge in [0.25, 0.3) is 0 Å². The number of aryl methyl sites for hydroxylation is 3. The van der Waals surface area contributed by atoms with Crippen molar-refractivity contribution in [3.8, 4) is 0 Å². The third kappa shape index (κ3) is 4.21. The highest BCUT2D eigenvalue weighted by molar-refractivity contribution is 5.91. The van der Waals surface area contributed by atoms with Crippen molar-refractivity contribution in [1.29, 1.82) is 0 Å². The molecule has 19 heavy (non-hydrogen) atoms. The summed E-state index contributed by atoms with van der Waals surface area (Å²) in [5, 5.41) is 2.93. The fourth-order valence-corrected chi connectivity index (χ4v) is 2.07. The number of carbonyl (C=O) groups is 1. The van der Waals surface area contributed by atoms with E-state index < -0.39 is 0 Å². The third-order valence-electron chi connectivity index (χ3n) is 2.87.